The minimum absolute atomic E-state index is 0.280. The molecular formula is C30H34N2O3. The van der Waals surface area contributed by atoms with Gasteiger partial charge < -0.3 is 4.74 Å². The van der Waals surface area contributed by atoms with Crippen molar-refractivity contribution >= 4 is 23.2 Å². The second-order valence-corrected chi connectivity index (χ2v) is 10.2. The van der Waals surface area contributed by atoms with E-state index in [-0.39, 0.29) is 11.8 Å². The quantitative estimate of drug-likeness (QED) is 0.420. The Morgan fingerprint density at radius 3 is 1.40 bits per heavy atom. The second kappa shape index (κ2) is 8.88. The monoisotopic (exact) mass is 470 g/mol. The molecule has 35 heavy (non-hydrogen) atoms. The molecule has 1 heterocycles. The highest BCUT2D eigenvalue weighted by Gasteiger charge is 2.54. The van der Waals surface area contributed by atoms with Crippen LogP contribution in [0.2, 0.25) is 0 Å². The summed E-state index contributed by atoms with van der Waals surface area (Å²) >= 11 is 0. The first-order chi connectivity index (χ1) is 16.4. The molecule has 2 amide bonds. The molecule has 1 saturated heterocycles. The summed E-state index contributed by atoms with van der Waals surface area (Å²) in [4.78, 5) is 31.5. The van der Waals surface area contributed by atoms with Crippen molar-refractivity contribution in [1.29, 1.82) is 0 Å². The van der Waals surface area contributed by atoms with E-state index >= 15 is 0 Å². The van der Waals surface area contributed by atoms with E-state index in [1.807, 2.05) is 71.9 Å². The van der Waals surface area contributed by atoms with Crippen LogP contribution in [0.1, 0.15) is 47.2 Å². The number of aryl methyl sites for hydroxylation is 6. The Kier molecular flexibility index (Phi) is 6.22. The highest BCUT2D eigenvalue weighted by atomic mass is 16.5. The van der Waals surface area contributed by atoms with Gasteiger partial charge in [0.2, 0.25) is 11.8 Å². The second-order valence-electron chi connectivity index (χ2n) is 10.2. The van der Waals surface area contributed by atoms with Crippen molar-refractivity contribution in [2.75, 3.05) is 9.80 Å². The predicted molar refractivity (Wildman–Crippen MR) is 141 cm³/mol. The van der Waals surface area contributed by atoms with E-state index in [2.05, 4.69) is 24.3 Å². The molecule has 1 fully saturated rings. The van der Waals surface area contributed by atoms with E-state index < -0.39 is 11.8 Å². The zero-order valence-electron chi connectivity index (χ0n) is 21.9. The lowest BCUT2D eigenvalue weighted by Crippen LogP contribution is -2.69. The maximum Gasteiger partial charge on any atom is 0.266 e. The Hall–Kier alpha value is -3.60. The summed E-state index contributed by atoms with van der Waals surface area (Å²) in [7, 11) is 0. The fourth-order valence-electron chi connectivity index (χ4n) is 5.26. The van der Waals surface area contributed by atoms with Gasteiger partial charge in [-0.2, -0.15) is 0 Å². The Labute approximate surface area is 208 Å². The fraction of sp³-hybridized carbons (Fsp3) is 0.333. The van der Waals surface area contributed by atoms with Crippen molar-refractivity contribution in [3.05, 3.63) is 88.0 Å². The summed E-state index contributed by atoms with van der Waals surface area (Å²) in [5, 5.41) is 0. The summed E-state index contributed by atoms with van der Waals surface area (Å²) in [5.74, 6) is 0.0203. The van der Waals surface area contributed by atoms with Crippen molar-refractivity contribution in [1.82, 2.24) is 0 Å². The fourth-order valence-corrected chi connectivity index (χ4v) is 5.26. The van der Waals surface area contributed by atoms with E-state index in [1.54, 1.807) is 23.6 Å². The van der Waals surface area contributed by atoms with Crippen molar-refractivity contribution in [2.45, 2.75) is 61.7 Å². The molecular weight excluding hydrogens is 436 g/mol. The van der Waals surface area contributed by atoms with Crippen molar-refractivity contribution < 1.29 is 14.3 Å². The molecule has 5 heteroatoms. The summed E-state index contributed by atoms with van der Waals surface area (Å²) in [6.45, 7) is 15.5. The molecule has 3 aromatic rings. The maximum atomic E-state index is 14.0. The molecule has 1 aliphatic heterocycles. The highest BCUT2D eigenvalue weighted by molar-refractivity contribution is 6.20. The van der Waals surface area contributed by atoms with Crippen LogP contribution in [0.15, 0.2) is 54.6 Å². The standard InChI is InChI=1S/C30H34N2O3/c1-18-14-20(3)25(21(4)15-18)31-27(33)30(7,8)28(34)32(26-22(5)16-19(2)17-23(26)6)29(31)35-24-12-10-9-11-13-24/h9-17,29H,1-8H3. The summed E-state index contributed by atoms with van der Waals surface area (Å²) in [6, 6.07) is 17.6. The average molecular weight is 471 g/mol. The highest BCUT2D eigenvalue weighted by Crippen LogP contribution is 2.42. The van der Waals surface area contributed by atoms with Crippen LogP contribution >= 0.6 is 0 Å². The number of nitrogens with zero attached hydrogens (tertiary/aromatic N) is 2. The van der Waals surface area contributed by atoms with Crippen LogP contribution in [0.25, 0.3) is 0 Å². The molecule has 0 bridgehead atoms. The summed E-state index contributed by atoms with van der Waals surface area (Å²) < 4.78 is 6.51. The molecule has 0 atom stereocenters. The van der Waals surface area contributed by atoms with Gasteiger partial charge in [-0.15, -0.1) is 0 Å². The van der Waals surface area contributed by atoms with Gasteiger partial charge in [-0.1, -0.05) is 53.6 Å². The van der Waals surface area contributed by atoms with Crippen molar-refractivity contribution in [3.8, 4) is 5.75 Å². The number of carbonyl (C=O) groups is 2. The molecule has 5 nitrogen and oxygen atoms in total. The van der Waals surface area contributed by atoms with Crippen LogP contribution in [-0.2, 0) is 9.59 Å². The van der Waals surface area contributed by atoms with Gasteiger partial charge in [-0.3, -0.25) is 19.4 Å². The number of anilines is 2. The van der Waals surface area contributed by atoms with Crippen molar-refractivity contribution in [3.63, 3.8) is 0 Å². The molecule has 0 unspecified atom stereocenters. The van der Waals surface area contributed by atoms with Gasteiger partial charge >= 0.3 is 0 Å². The smallest absolute Gasteiger partial charge is 0.266 e. The summed E-state index contributed by atoms with van der Waals surface area (Å²) in [5.41, 5.74) is 6.34. The molecule has 0 spiro atoms. The normalized spacial score (nSPS) is 16.1. The number of hydrogen-bond donors (Lipinski definition) is 0. The molecule has 0 aliphatic carbocycles. The molecule has 4 rings (SSSR count). The Morgan fingerprint density at radius 1 is 0.657 bits per heavy atom. The third kappa shape index (κ3) is 4.20. The molecule has 0 saturated carbocycles. The van der Waals surface area contributed by atoms with Gasteiger partial charge in [0.15, 0.2) is 0 Å². The van der Waals surface area contributed by atoms with Crippen LogP contribution in [-0.4, -0.2) is 18.2 Å². The number of benzene rings is 3. The lowest BCUT2D eigenvalue weighted by Gasteiger charge is -2.49. The molecule has 0 radical (unpaired) electrons. The Balaban J connectivity index is 2.02. The van der Waals surface area contributed by atoms with E-state index in [9.17, 15) is 9.59 Å². The Morgan fingerprint density at radius 2 is 1.03 bits per heavy atom. The number of rotatable bonds is 4. The van der Waals surface area contributed by atoms with Gasteiger partial charge in [-0.05, 0) is 89.8 Å². The number of ether oxygens (including phenoxy) is 1. The Bertz CT molecular complexity index is 1180. The number of para-hydroxylation sites is 1. The lowest BCUT2D eigenvalue weighted by atomic mass is 9.85. The van der Waals surface area contributed by atoms with Crippen LogP contribution in [0, 0.1) is 47.0 Å². The number of carbonyl (C=O) groups excluding carboxylic acids is 2. The molecule has 1 aliphatic rings. The van der Waals surface area contributed by atoms with Crippen molar-refractivity contribution in [2.24, 2.45) is 5.41 Å². The van der Waals surface area contributed by atoms with Crippen LogP contribution < -0.4 is 14.5 Å². The van der Waals surface area contributed by atoms with E-state index in [0.29, 0.717) is 5.75 Å². The number of amides is 2. The van der Waals surface area contributed by atoms with E-state index in [4.69, 9.17) is 4.74 Å². The van der Waals surface area contributed by atoms with Gasteiger partial charge in [0, 0.05) is 0 Å². The zero-order chi connectivity index (χ0) is 25.7. The predicted octanol–water partition coefficient (Wildman–Crippen LogP) is 6.31. The van der Waals surface area contributed by atoms with E-state index in [0.717, 1.165) is 44.8 Å². The van der Waals surface area contributed by atoms with Gasteiger partial charge in [0.1, 0.15) is 11.2 Å². The SMILES string of the molecule is Cc1cc(C)c(N2C(=O)C(C)(C)C(=O)N(c3c(C)cc(C)cc3C)C2Oc2ccccc2)c(C)c1. The lowest BCUT2D eigenvalue weighted by molar-refractivity contribution is -0.144. The van der Waals surface area contributed by atoms with Crippen LogP contribution in [0.5, 0.6) is 5.75 Å². The molecule has 0 N–H and O–H groups in total. The van der Waals surface area contributed by atoms with Gasteiger partial charge in [0.25, 0.3) is 6.35 Å². The minimum Gasteiger partial charge on any atom is -0.451 e. The minimum atomic E-state index is -1.27. The first-order valence-corrected chi connectivity index (χ1v) is 12.0. The van der Waals surface area contributed by atoms with Gasteiger partial charge in [0.05, 0.1) is 11.4 Å². The molecule has 182 valence electrons. The molecule has 0 aromatic heterocycles. The zero-order valence-corrected chi connectivity index (χ0v) is 21.9. The average Bonchev–Trinajstić information content (AvgIpc) is 2.76. The summed E-state index contributed by atoms with van der Waals surface area (Å²) in [6.07, 6.45) is -0.981. The van der Waals surface area contributed by atoms with Crippen LogP contribution in [0.4, 0.5) is 11.4 Å². The number of hydrogen-bond acceptors (Lipinski definition) is 3. The third-order valence-electron chi connectivity index (χ3n) is 6.69. The maximum absolute atomic E-state index is 14.0. The molecule has 3 aromatic carbocycles. The topological polar surface area (TPSA) is 49.9 Å². The third-order valence-corrected chi connectivity index (χ3v) is 6.69. The van der Waals surface area contributed by atoms with E-state index in [1.165, 1.54) is 0 Å². The van der Waals surface area contributed by atoms with Crippen LogP contribution in [0.3, 0.4) is 0 Å². The largest absolute Gasteiger partial charge is 0.451 e. The first-order valence-electron chi connectivity index (χ1n) is 12.0. The van der Waals surface area contributed by atoms with Gasteiger partial charge in [-0.25, -0.2) is 0 Å². The first kappa shape index (κ1) is 24.5.